The summed E-state index contributed by atoms with van der Waals surface area (Å²) in [5.74, 6) is -1.84. The van der Waals surface area contributed by atoms with Crippen LogP contribution in [-0.2, 0) is 51.6 Å². The van der Waals surface area contributed by atoms with Gasteiger partial charge >= 0.3 is 19.8 Å². The number of hydrogen-bond acceptors (Lipinski definition) is 22. The molecule has 2 saturated heterocycles. The molecule has 12 N–H and O–H groups in total. The molecule has 0 spiro atoms. The fourth-order valence-electron chi connectivity index (χ4n) is 9.65. The van der Waals surface area contributed by atoms with Crippen molar-refractivity contribution < 1.29 is 113 Å². The van der Waals surface area contributed by atoms with Crippen LogP contribution in [-0.4, -0.2) is 204 Å². The van der Waals surface area contributed by atoms with Crippen LogP contribution < -0.4 is 0 Å². The van der Waals surface area contributed by atoms with Gasteiger partial charge in [-0.15, -0.1) is 0 Å². The molecule has 3 rings (SSSR count). The van der Waals surface area contributed by atoms with Gasteiger partial charge in [-0.1, -0.05) is 179 Å². The monoisotopic (exact) mass is 1180 g/mol. The quantitative estimate of drug-likeness (QED) is 0.0135. The lowest BCUT2D eigenvalue weighted by Gasteiger charge is -2.49. The second kappa shape index (κ2) is 41.5. The largest absolute Gasteiger partial charge is 0.472 e. The van der Waals surface area contributed by atoms with E-state index in [-0.39, 0.29) is 0 Å². The third-order valence-electron chi connectivity index (χ3n) is 14.6. The summed E-state index contributed by atoms with van der Waals surface area (Å²) in [4.78, 5) is 37.2. The fourth-order valence-corrected chi connectivity index (χ4v) is 10.6. The molecule has 0 aromatic rings. The van der Waals surface area contributed by atoms with Gasteiger partial charge in [0.25, 0.3) is 0 Å². The van der Waals surface area contributed by atoms with Crippen molar-refractivity contribution in [3.05, 3.63) is 48.6 Å². The Kier molecular flexibility index (Phi) is 37.2. The zero-order valence-corrected chi connectivity index (χ0v) is 48.4. The molecule has 0 bridgehead atoms. The van der Waals surface area contributed by atoms with Crippen LogP contribution in [0, 0.1) is 0 Å². The molecular formula is C57H99O23P. The Labute approximate surface area is 478 Å². The Hall–Kier alpha value is -2.59. The Balaban J connectivity index is 1.75. The van der Waals surface area contributed by atoms with E-state index < -0.39 is 150 Å². The van der Waals surface area contributed by atoms with Gasteiger partial charge in [-0.05, 0) is 25.7 Å². The molecule has 2 heterocycles. The van der Waals surface area contributed by atoms with Crippen molar-refractivity contribution in [2.75, 3.05) is 26.4 Å². The number of phosphoric ester groups is 1. The predicted octanol–water partition coefficient (Wildman–Crippen LogP) is 4.04. The molecule has 81 heavy (non-hydrogen) atoms. The van der Waals surface area contributed by atoms with Gasteiger partial charge in [0.05, 0.1) is 19.8 Å². The highest BCUT2D eigenvalue weighted by Crippen LogP contribution is 2.49. The molecule has 0 amide bonds. The molecule has 3 fully saturated rings. The van der Waals surface area contributed by atoms with E-state index in [0.29, 0.717) is 0 Å². The lowest BCUT2D eigenvalue weighted by atomic mass is 9.84. The first-order valence-electron chi connectivity index (χ1n) is 29.6. The Morgan fingerprint density at radius 1 is 0.469 bits per heavy atom. The van der Waals surface area contributed by atoms with Crippen LogP contribution in [0.3, 0.4) is 0 Å². The van der Waals surface area contributed by atoms with E-state index >= 15 is 0 Å². The third kappa shape index (κ3) is 27.1. The molecular weight excluding hydrogens is 1080 g/mol. The lowest BCUT2D eigenvalue weighted by molar-refractivity contribution is -0.360. The number of carbonyl (C=O) groups is 2. The maximum atomic E-state index is 14.0. The van der Waals surface area contributed by atoms with Gasteiger partial charge in [-0.2, -0.15) is 0 Å². The van der Waals surface area contributed by atoms with Crippen LogP contribution in [0.1, 0.15) is 168 Å². The number of carbonyl (C=O) groups excluding carboxylic acids is 2. The number of aliphatic hydroxyl groups is 11. The van der Waals surface area contributed by atoms with E-state index in [9.17, 15) is 75.2 Å². The topological polar surface area (TPSA) is 368 Å². The van der Waals surface area contributed by atoms with Crippen molar-refractivity contribution >= 4 is 19.8 Å². The smallest absolute Gasteiger partial charge is 0.458 e. The molecule has 2 aliphatic heterocycles. The maximum Gasteiger partial charge on any atom is 0.472 e. The number of allylic oxidation sites excluding steroid dienone is 6. The van der Waals surface area contributed by atoms with Gasteiger partial charge in [-0.25, -0.2) is 14.2 Å². The zero-order chi connectivity index (χ0) is 59.6. The minimum absolute atomic E-state index is 0.724. The first-order chi connectivity index (χ1) is 38.9. The SMILES string of the molecule is CCCCCCCCCCCCCC=CC=CC(=O)OCC(COP(=O)(O)OC1C(OC2OC(CO)C(O)C(O)C2O)C(O)C(O)C(O)C1OC1OC(CO)C(O)C(O)C1O)OC(=O)C=CC=CCCCCCCCCCCCCC. The number of hydrogen-bond donors (Lipinski definition) is 12. The Morgan fingerprint density at radius 2 is 0.840 bits per heavy atom. The van der Waals surface area contributed by atoms with Gasteiger partial charge in [0.2, 0.25) is 0 Å². The summed E-state index contributed by atoms with van der Waals surface area (Å²) in [6.45, 7) is 0.775. The number of unbranched alkanes of at least 4 members (excludes halogenated alkanes) is 22. The molecule has 1 aliphatic carbocycles. The van der Waals surface area contributed by atoms with Crippen molar-refractivity contribution in [2.45, 2.75) is 272 Å². The summed E-state index contributed by atoms with van der Waals surface area (Å²) in [5.41, 5.74) is 0. The van der Waals surface area contributed by atoms with Crippen LogP contribution in [0.2, 0.25) is 0 Å². The fraction of sp³-hybridized carbons (Fsp3) is 0.825. The van der Waals surface area contributed by atoms with Gasteiger partial charge < -0.3 is 89.5 Å². The average Bonchev–Trinajstić information content (AvgIpc) is 3.48. The molecule has 0 aromatic carbocycles. The molecule has 0 aromatic heterocycles. The van der Waals surface area contributed by atoms with E-state index in [1.807, 2.05) is 12.2 Å². The summed E-state index contributed by atoms with van der Waals surface area (Å²) in [5, 5.41) is 117. The highest BCUT2D eigenvalue weighted by Gasteiger charge is 2.58. The molecule has 23 nitrogen and oxygen atoms in total. The zero-order valence-electron chi connectivity index (χ0n) is 47.5. The maximum absolute atomic E-state index is 14.0. The Bertz CT molecular complexity index is 1800. The summed E-state index contributed by atoms with van der Waals surface area (Å²) < 4.78 is 57.6. The second-order valence-electron chi connectivity index (χ2n) is 21.3. The lowest BCUT2D eigenvalue weighted by Crippen LogP contribution is -2.69. The molecule has 16 unspecified atom stereocenters. The van der Waals surface area contributed by atoms with Crippen molar-refractivity contribution in [1.82, 2.24) is 0 Å². The normalized spacial score (nSPS) is 31.3. The number of esters is 2. The van der Waals surface area contributed by atoms with E-state index in [1.165, 1.54) is 115 Å². The summed E-state index contributed by atoms with van der Waals surface area (Å²) >= 11 is 0. The number of ether oxygens (including phenoxy) is 6. The van der Waals surface area contributed by atoms with Crippen molar-refractivity contribution in [3.63, 3.8) is 0 Å². The van der Waals surface area contributed by atoms with Crippen molar-refractivity contribution in [2.24, 2.45) is 0 Å². The van der Waals surface area contributed by atoms with E-state index in [4.69, 9.17) is 37.5 Å². The third-order valence-corrected chi connectivity index (χ3v) is 15.6. The molecule has 1 saturated carbocycles. The first kappa shape index (κ1) is 72.7. The van der Waals surface area contributed by atoms with Crippen LogP contribution in [0.4, 0.5) is 0 Å². The van der Waals surface area contributed by atoms with Gasteiger partial charge in [0.15, 0.2) is 18.7 Å². The molecule has 16 atom stereocenters. The van der Waals surface area contributed by atoms with Gasteiger partial charge in [0.1, 0.15) is 92.1 Å². The molecule has 24 heteroatoms. The van der Waals surface area contributed by atoms with Crippen LogP contribution >= 0.6 is 7.82 Å². The number of aliphatic hydroxyl groups excluding tert-OH is 11. The van der Waals surface area contributed by atoms with E-state index in [1.54, 1.807) is 12.2 Å². The molecule has 470 valence electrons. The van der Waals surface area contributed by atoms with Crippen molar-refractivity contribution in [1.29, 1.82) is 0 Å². The predicted molar refractivity (Wildman–Crippen MR) is 296 cm³/mol. The summed E-state index contributed by atoms with van der Waals surface area (Å²) in [6, 6.07) is 0. The number of rotatable bonds is 42. The first-order valence-corrected chi connectivity index (χ1v) is 31.1. The van der Waals surface area contributed by atoms with Gasteiger partial charge in [0, 0.05) is 12.2 Å². The van der Waals surface area contributed by atoms with Crippen LogP contribution in [0.5, 0.6) is 0 Å². The highest BCUT2D eigenvalue weighted by molar-refractivity contribution is 7.47. The van der Waals surface area contributed by atoms with E-state index in [0.717, 1.165) is 63.5 Å². The minimum Gasteiger partial charge on any atom is -0.458 e. The minimum atomic E-state index is -5.68. The standard InChI is InChI=1S/C57H99O23P/c1-3-5-7-9-11-13-15-17-19-21-23-25-27-29-31-33-42(60)73-37-39(75-43(61)34-32-30-28-26-24-22-20-18-16-14-12-10-8-6-4-2)38-74-81(71,72)80-55-53(78-56-51(69)46(64)44(62)40(35-58)76-56)49(67)48(66)50(68)54(55)79-57-52(70)47(65)45(63)41(36-59)77-57/h27-34,39-41,44-59,62-70H,3-26,35-38H2,1-2H3,(H,71,72). The molecule has 3 aliphatic rings. The van der Waals surface area contributed by atoms with Crippen LogP contribution in [0.15, 0.2) is 48.6 Å². The Morgan fingerprint density at radius 3 is 1.23 bits per heavy atom. The second-order valence-corrected chi connectivity index (χ2v) is 22.7. The van der Waals surface area contributed by atoms with E-state index in [2.05, 4.69) is 13.8 Å². The number of phosphoric acid groups is 1. The summed E-state index contributed by atoms with van der Waals surface area (Å²) in [6.07, 6.45) is 5.17. The van der Waals surface area contributed by atoms with Crippen LogP contribution in [0.25, 0.3) is 0 Å². The average molecular weight is 1180 g/mol. The van der Waals surface area contributed by atoms with Gasteiger partial charge in [-0.3, -0.25) is 9.05 Å². The van der Waals surface area contributed by atoms with Crippen molar-refractivity contribution in [3.8, 4) is 0 Å². The molecule has 0 radical (unpaired) electrons. The summed E-state index contributed by atoms with van der Waals surface area (Å²) in [7, 11) is -5.68. The highest BCUT2D eigenvalue weighted by atomic mass is 31.2.